The lowest BCUT2D eigenvalue weighted by Crippen LogP contribution is -2.39. The second-order valence-corrected chi connectivity index (χ2v) is 4.19. The van der Waals surface area contributed by atoms with E-state index in [1.165, 1.54) is 12.1 Å². The standard InChI is InChI=1S/C13H19FN2O2/c1-9-3-4-11(12(14)7-9)13(17)16-10(5-6-15)8-18-2/h3-4,7,10H,5-6,8,15H2,1-2H3,(H,16,17). The Balaban J connectivity index is 2.73. The van der Waals surface area contributed by atoms with E-state index in [0.717, 1.165) is 5.56 Å². The van der Waals surface area contributed by atoms with E-state index in [-0.39, 0.29) is 11.6 Å². The number of halogens is 1. The Morgan fingerprint density at radius 2 is 2.28 bits per heavy atom. The number of rotatable bonds is 6. The molecule has 1 rings (SSSR count). The SMILES string of the molecule is COCC(CCN)NC(=O)c1ccc(C)cc1F. The minimum absolute atomic E-state index is 0.0405. The van der Waals surface area contributed by atoms with E-state index in [1.807, 2.05) is 0 Å². The summed E-state index contributed by atoms with van der Waals surface area (Å²) in [7, 11) is 1.54. The third-order valence-electron chi connectivity index (χ3n) is 2.59. The summed E-state index contributed by atoms with van der Waals surface area (Å²) in [4.78, 5) is 11.9. The smallest absolute Gasteiger partial charge is 0.254 e. The number of nitrogens with one attached hydrogen (secondary N) is 1. The highest BCUT2D eigenvalue weighted by atomic mass is 19.1. The van der Waals surface area contributed by atoms with Gasteiger partial charge in [-0.3, -0.25) is 4.79 Å². The van der Waals surface area contributed by atoms with Crippen molar-refractivity contribution in [1.29, 1.82) is 0 Å². The van der Waals surface area contributed by atoms with Crippen LogP contribution in [0.4, 0.5) is 4.39 Å². The van der Waals surface area contributed by atoms with Gasteiger partial charge in [-0.1, -0.05) is 6.07 Å². The zero-order valence-corrected chi connectivity index (χ0v) is 10.7. The van der Waals surface area contributed by atoms with Crippen LogP contribution in [0.25, 0.3) is 0 Å². The van der Waals surface area contributed by atoms with Gasteiger partial charge in [0.2, 0.25) is 0 Å². The van der Waals surface area contributed by atoms with Gasteiger partial charge in [0.1, 0.15) is 5.82 Å². The van der Waals surface area contributed by atoms with Crippen molar-refractivity contribution < 1.29 is 13.9 Å². The van der Waals surface area contributed by atoms with Crippen molar-refractivity contribution in [3.63, 3.8) is 0 Å². The van der Waals surface area contributed by atoms with Gasteiger partial charge in [0.15, 0.2) is 0 Å². The van der Waals surface area contributed by atoms with Crippen LogP contribution in [0.3, 0.4) is 0 Å². The van der Waals surface area contributed by atoms with Gasteiger partial charge in [-0.05, 0) is 37.6 Å². The summed E-state index contributed by atoms with van der Waals surface area (Å²) >= 11 is 0. The summed E-state index contributed by atoms with van der Waals surface area (Å²) in [5.74, 6) is -0.959. The quantitative estimate of drug-likeness (QED) is 0.802. The molecule has 0 radical (unpaired) electrons. The fraction of sp³-hybridized carbons (Fsp3) is 0.462. The molecule has 0 aliphatic rings. The first-order valence-electron chi connectivity index (χ1n) is 5.84. The number of carbonyl (C=O) groups is 1. The molecule has 0 saturated carbocycles. The van der Waals surface area contributed by atoms with Crippen molar-refractivity contribution in [3.8, 4) is 0 Å². The lowest BCUT2D eigenvalue weighted by molar-refractivity contribution is 0.0889. The van der Waals surface area contributed by atoms with Crippen LogP contribution in [0.5, 0.6) is 0 Å². The van der Waals surface area contributed by atoms with E-state index < -0.39 is 11.7 Å². The predicted octanol–water partition coefficient (Wildman–Crippen LogP) is 1.23. The molecule has 0 aliphatic carbocycles. The van der Waals surface area contributed by atoms with Crippen molar-refractivity contribution in [2.24, 2.45) is 5.73 Å². The number of hydrogen-bond acceptors (Lipinski definition) is 3. The maximum absolute atomic E-state index is 13.6. The number of carbonyl (C=O) groups excluding carboxylic acids is 1. The molecule has 0 fully saturated rings. The van der Waals surface area contributed by atoms with E-state index in [9.17, 15) is 9.18 Å². The largest absolute Gasteiger partial charge is 0.383 e. The highest BCUT2D eigenvalue weighted by molar-refractivity contribution is 5.94. The zero-order valence-electron chi connectivity index (χ0n) is 10.7. The van der Waals surface area contributed by atoms with Crippen LogP contribution in [-0.4, -0.2) is 32.2 Å². The Morgan fingerprint density at radius 3 is 2.83 bits per heavy atom. The molecule has 1 unspecified atom stereocenters. The molecule has 0 aliphatic heterocycles. The summed E-state index contributed by atoms with van der Waals surface area (Å²) in [5, 5.41) is 2.71. The Hall–Kier alpha value is -1.46. The topological polar surface area (TPSA) is 64.3 Å². The van der Waals surface area contributed by atoms with E-state index in [0.29, 0.717) is 19.6 Å². The lowest BCUT2D eigenvalue weighted by atomic mass is 10.1. The second-order valence-electron chi connectivity index (χ2n) is 4.19. The Labute approximate surface area is 106 Å². The van der Waals surface area contributed by atoms with E-state index >= 15 is 0 Å². The van der Waals surface area contributed by atoms with Crippen LogP contribution >= 0.6 is 0 Å². The van der Waals surface area contributed by atoms with E-state index in [2.05, 4.69) is 5.32 Å². The number of aryl methyl sites for hydroxylation is 1. The van der Waals surface area contributed by atoms with Crippen molar-refractivity contribution >= 4 is 5.91 Å². The Kier molecular flexibility index (Phi) is 5.74. The fourth-order valence-corrected chi connectivity index (χ4v) is 1.67. The maximum atomic E-state index is 13.6. The minimum atomic E-state index is -0.517. The number of hydrogen-bond donors (Lipinski definition) is 2. The molecule has 3 N–H and O–H groups in total. The van der Waals surface area contributed by atoms with Crippen LogP contribution in [0, 0.1) is 12.7 Å². The van der Waals surface area contributed by atoms with Crippen LogP contribution in [-0.2, 0) is 4.74 Å². The fourth-order valence-electron chi connectivity index (χ4n) is 1.67. The molecule has 5 heteroatoms. The number of nitrogens with two attached hydrogens (primary N) is 1. The van der Waals surface area contributed by atoms with Gasteiger partial charge >= 0.3 is 0 Å². The average molecular weight is 254 g/mol. The molecular weight excluding hydrogens is 235 g/mol. The average Bonchev–Trinajstić information content (AvgIpc) is 2.29. The molecule has 100 valence electrons. The van der Waals surface area contributed by atoms with Gasteiger partial charge in [0, 0.05) is 7.11 Å². The first kappa shape index (κ1) is 14.6. The highest BCUT2D eigenvalue weighted by Crippen LogP contribution is 2.10. The molecule has 0 spiro atoms. The Bertz CT molecular complexity index is 404. The second kappa shape index (κ2) is 7.08. The van der Waals surface area contributed by atoms with Gasteiger partial charge in [-0.2, -0.15) is 0 Å². The number of benzene rings is 1. The zero-order chi connectivity index (χ0) is 13.5. The summed E-state index contributed by atoms with van der Waals surface area (Å²) in [6.45, 7) is 2.56. The first-order chi connectivity index (χ1) is 8.58. The first-order valence-corrected chi connectivity index (χ1v) is 5.84. The molecule has 1 amide bonds. The highest BCUT2D eigenvalue weighted by Gasteiger charge is 2.16. The summed E-state index contributed by atoms with van der Waals surface area (Å²) < 4.78 is 18.6. The van der Waals surface area contributed by atoms with E-state index in [4.69, 9.17) is 10.5 Å². The third kappa shape index (κ3) is 4.09. The Morgan fingerprint density at radius 1 is 1.56 bits per heavy atom. The van der Waals surface area contributed by atoms with Crippen LogP contribution < -0.4 is 11.1 Å². The predicted molar refractivity (Wildman–Crippen MR) is 67.9 cm³/mol. The monoisotopic (exact) mass is 254 g/mol. The number of amides is 1. The van der Waals surface area contributed by atoms with Gasteiger partial charge < -0.3 is 15.8 Å². The lowest BCUT2D eigenvalue weighted by Gasteiger charge is -2.17. The van der Waals surface area contributed by atoms with Gasteiger partial charge in [0.25, 0.3) is 5.91 Å². The van der Waals surface area contributed by atoms with Gasteiger partial charge in [-0.15, -0.1) is 0 Å². The molecule has 1 aromatic rings. The normalized spacial score (nSPS) is 12.2. The van der Waals surface area contributed by atoms with Crippen LogP contribution in [0.2, 0.25) is 0 Å². The minimum Gasteiger partial charge on any atom is -0.383 e. The van der Waals surface area contributed by atoms with Crippen molar-refractivity contribution in [1.82, 2.24) is 5.32 Å². The molecule has 1 atom stereocenters. The van der Waals surface area contributed by atoms with Crippen LogP contribution in [0.1, 0.15) is 22.3 Å². The number of ether oxygens (including phenoxy) is 1. The van der Waals surface area contributed by atoms with Crippen LogP contribution in [0.15, 0.2) is 18.2 Å². The van der Waals surface area contributed by atoms with Gasteiger partial charge in [-0.25, -0.2) is 4.39 Å². The van der Waals surface area contributed by atoms with E-state index in [1.54, 1.807) is 20.1 Å². The summed E-state index contributed by atoms with van der Waals surface area (Å²) in [6.07, 6.45) is 0.590. The maximum Gasteiger partial charge on any atom is 0.254 e. The van der Waals surface area contributed by atoms with Crippen molar-refractivity contribution in [3.05, 3.63) is 35.1 Å². The summed E-state index contributed by atoms with van der Waals surface area (Å²) in [5.41, 5.74) is 6.26. The van der Waals surface area contributed by atoms with Crippen molar-refractivity contribution in [2.45, 2.75) is 19.4 Å². The van der Waals surface area contributed by atoms with Crippen molar-refractivity contribution in [2.75, 3.05) is 20.3 Å². The third-order valence-corrected chi connectivity index (χ3v) is 2.59. The summed E-state index contributed by atoms with van der Waals surface area (Å²) in [6, 6.07) is 4.31. The molecule has 4 nitrogen and oxygen atoms in total. The molecule has 18 heavy (non-hydrogen) atoms. The molecule has 0 saturated heterocycles. The molecule has 0 bridgehead atoms. The van der Waals surface area contributed by atoms with Gasteiger partial charge in [0.05, 0.1) is 18.2 Å². The molecule has 0 heterocycles. The number of methoxy groups -OCH3 is 1. The molecular formula is C13H19FN2O2. The molecule has 1 aromatic carbocycles. The molecule has 0 aromatic heterocycles.